The smallest absolute Gasteiger partial charge is 0.290 e. The van der Waals surface area contributed by atoms with Crippen LogP contribution in [0.2, 0.25) is 0 Å². The topological polar surface area (TPSA) is 95.5 Å². The van der Waals surface area contributed by atoms with Crippen LogP contribution in [0.3, 0.4) is 0 Å². The molecule has 25 heavy (non-hydrogen) atoms. The Morgan fingerprint density at radius 1 is 1.52 bits per heavy atom. The Morgan fingerprint density at radius 3 is 2.88 bits per heavy atom. The van der Waals surface area contributed by atoms with Crippen molar-refractivity contribution in [3.05, 3.63) is 47.8 Å². The fourth-order valence-corrected chi connectivity index (χ4v) is 2.64. The predicted molar refractivity (Wildman–Crippen MR) is 87.9 cm³/mol. The highest BCUT2D eigenvalue weighted by atomic mass is 19.1. The number of carbonyl (C=O) groups excluding carboxylic acids is 1. The zero-order valence-corrected chi connectivity index (χ0v) is 13.8. The van der Waals surface area contributed by atoms with Gasteiger partial charge in [0.25, 0.3) is 12.4 Å². The van der Waals surface area contributed by atoms with E-state index in [0.29, 0.717) is 13.1 Å². The van der Waals surface area contributed by atoms with Crippen molar-refractivity contribution in [1.29, 1.82) is 0 Å². The maximum absolute atomic E-state index is 13.4. The molecular formula is C17H20FN3O4. The van der Waals surface area contributed by atoms with Crippen LogP contribution in [0.4, 0.5) is 4.39 Å². The van der Waals surface area contributed by atoms with Gasteiger partial charge in [-0.15, -0.1) is 0 Å². The molecule has 7 nitrogen and oxygen atoms in total. The normalized spacial score (nSPS) is 16.1. The van der Waals surface area contributed by atoms with Gasteiger partial charge in [0.2, 0.25) is 0 Å². The molecule has 1 amide bonds. The second-order valence-corrected chi connectivity index (χ2v) is 5.60. The molecule has 8 heteroatoms. The molecule has 1 aliphatic rings. The van der Waals surface area contributed by atoms with Crippen LogP contribution in [-0.4, -0.2) is 52.1 Å². The Bertz CT molecular complexity index is 719. The first-order valence-corrected chi connectivity index (χ1v) is 7.79. The summed E-state index contributed by atoms with van der Waals surface area (Å²) in [5.74, 6) is 0.664. The van der Waals surface area contributed by atoms with Crippen LogP contribution < -0.4 is 4.74 Å². The fraction of sp³-hybridized carbons (Fsp3) is 0.353. The summed E-state index contributed by atoms with van der Waals surface area (Å²) in [5, 5.41) is 6.89. The molecule has 2 heterocycles. The molecule has 2 N–H and O–H groups in total. The number of halogens is 1. The van der Waals surface area contributed by atoms with Crippen LogP contribution in [0, 0.1) is 12.7 Å². The van der Waals surface area contributed by atoms with Gasteiger partial charge in [-0.2, -0.15) is 0 Å². The monoisotopic (exact) mass is 349 g/mol. The average Bonchev–Trinajstić information content (AvgIpc) is 3.23. The van der Waals surface area contributed by atoms with E-state index in [4.69, 9.17) is 14.6 Å². The Balaban J connectivity index is 0.000000701. The highest BCUT2D eigenvalue weighted by Gasteiger charge is 2.29. The minimum absolute atomic E-state index is 0.105. The van der Waals surface area contributed by atoms with Crippen molar-refractivity contribution in [3.8, 4) is 5.75 Å². The molecule has 3 rings (SSSR count). The predicted octanol–water partition coefficient (Wildman–Crippen LogP) is 1.95. The third kappa shape index (κ3) is 5.03. The van der Waals surface area contributed by atoms with E-state index in [1.807, 2.05) is 6.92 Å². The fourth-order valence-electron chi connectivity index (χ4n) is 2.64. The van der Waals surface area contributed by atoms with Crippen molar-refractivity contribution < 1.29 is 23.8 Å². The number of amides is 1. The third-order valence-electron chi connectivity index (χ3n) is 3.84. The minimum atomic E-state index is -0.458. The average molecular weight is 349 g/mol. The summed E-state index contributed by atoms with van der Waals surface area (Å²) in [6.45, 7) is 2.84. The molecule has 0 spiro atoms. The number of H-pyrrole nitrogens is 1. The molecule has 1 unspecified atom stereocenters. The molecule has 0 saturated carbocycles. The number of aromatic nitrogens is 2. The molecule has 0 aliphatic carbocycles. The summed E-state index contributed by atoms with van der Waals surface area (Å²) >= 11 is 0. The highest BCUT2D eigenvalue weighted by molar-refractivity contribution is 5.78. The number of carbonyl (C=O) groups is 2. The summed E-state index contributed by atoms with van der Waals surface area (Å²) in [6, 6.07) is 6.08. The van der Waals surface area contributed by atoms with E-state index < -0.39 is 5.82 Å². The molecule has 0 bridgehead atoms. The van der Waals surface area contributed by atoms with Gasteiger partial charge in [-0.3, -0.25) is 9.59 Å². The van der Waals surface area contributed by atoms with Gasteiger partial charge in [-0.1, -0.05) is 12.1 Å². The van der Waals surface area contributed by atoms with E-state index in [0.717, 1.165) is 17.9 Å². The van der Waals surface area contributed by atoms with Gasteiger partial charge in [0.05, 0.1) is 0 Å². The number of aromatic amines is 1. The summed E-state index contributed by atoms with van der Waals surface area (Å²) in [4.78, 5) is 29.8. The van der Waals surface area contributed by atoms with Gasteiger partial charge in [0.1, 0.15) is 5.82 Å². The molecule has 2 aromatic rings. The van der Waals surface area contributed by atoms with Crippen molar-refractivity contribution in [2.24, 2.45) is 0 Å². The molecular weight excluding hydrogens is 329 g/mol. The number of imidazole rings is 1. The number of carboxylic acid groups (broad SMARTS) is 1. The van der Waals surface area contributed by atoms with Gasteiger partial charge >= 0.3 is 0 Å². The minimum Gasteiger partial charge on any atom is -0.483 e. The maximum atomic E-state index is 13.4. The van der Waals surface area contributed by atoms with Gasteiger partial charge in [-0.05, 0) is 25.5 Å². The van der Waals surface area contributed by atoms with Crippen molar-refractivity contribution in [1.82, 2.24) is 14.9 Å². The lowest BCUT2D eigenvalue weighted by atomic mass is 10.1. The zero-order valence-electron chi connectivity index (χ0n) is 13.8. The lowest BCUT2D eigenvalue weighted by molar-refractivity contribution is -0.132. The van der Waals surface area contributed by atoms with Crippen LogP contribution in [0.5, 0.6) is 5.75 Å². The van der Waals surface area contributed by atoms with Crippen molar-refractivity contribution >= 4 is 12.4 Å². The Kier molecular flexibility index (Phi) is 6.50. The molecule has 1 saturated heterocycles. The molecule has 1 aromatic heterocycles. The van der Waals surface area contributed by atoms with Crippen molar-refractivity contribution in [3.63, 3.8) is 0 Å². The number of nitrogens with zero attached hydrogens (tertiary/aromatic N) is 2. The highest BCUT2D eigenvalue weighted by Crippen LogP contribution is 2.25. The van der Waals surface area contributed by atoms with Crippen LogP contribution in [-0.2, 0) is 9.59 Å². The van der Waals surface area contributed by atoms with Gasteiger partial charge in [-0.25, -0.2) is 9.37 Å². The van der Waals surface area contributed by atoms with Gasteiger partial charge in [0.15, 0.2) is 18.2 Å². The molecule has 134 valence electrons. The Hall–Kier alpha value is -2.90. The summed E-state index contributed by atoms with van der Waals surface area (Å²) in [5.41, 5.74) is 1.02. The molecule has 1 fully saturated rings. The Morgan fingerprint density at radius 2 is 2.24 bits per heavy atom. The zero-order chi connectivity index (χ0) is 18.2. The van der Waals surface area contributed by atoms with E-state index in [2.05, 4.69) is 9.97 Å². The third-order valence-corrected chi connectivity index (χ3v) is 3.84. The number of hydrogen-bond donors (Lipinski definition) is 2. The van der Waals surface area contributed by atoms with Crippen LogP contribution >= 0.6 is 0 Å². The number of para-hydroxylation sites is 1. The van der Waals surface area contributed by atoms with Crippen LogP contribution in [0.15, 0.2) is 30.5 Å². The SMILES string of the molecule is Cc1cnc(C2CCN(C(=O)COc3ccccc3F)C2)[nH]1.O=CO. The van der Waals surface area contributed by atoms with E-state index >= 15 is 0 Å². The summed E-state index contributed by atoms with van der Waals surface area (Å²) in [6.07, 6.45) is 2.67. The van der Waals surface area contributed by atoms with Crippen molar-refractivity contribution in [2.45, 2.75) is 19.3 Å². The first kappa shape index (κ1) is 18.4. The van der Waals surface area contributed by atoms with Crippen LogP contribution in [0.1, 0.15) is 23.9 Å². The first-order valence-electron chi connectivity index (χ1n) is 7.79. The first-order chi connectivity index (χ1) is 12.0. The second-order valence-electron chi connectivity index (χ2n) is 5.60. The largest absolute Gasteiger partial charge is 0.483 e. The molecule has 0 radical (unpaired) electrons. The molecule has 1 atom stereocenters. The maximum Gasteiger partial charge on any atom is 0.290 e. The van der Waals surface area contributed by atoms with E-state index in [1.54, 1.807) is 23.2 Å². The standard InChI is InChI=1S/C16H18FN3O2.CH2O2/c1-11-8-18-16(19-11)12-6-7-20(9-12)15(21)10-22-14-5-3-2-4-13(14)17;2-1-3/h2-5,8,12H,6-7,9-10H2,1H3,(H,18,19);1H,(H,2,3). The summed E-state index contributed by atoms with van der Waals surface area (Å²) in [7, 11) is 0. The molecule has 1 aromatic carbocycles. The van der Waals surface area contributed by atoms with Gasteiger partial charge < -0.3 is 19.7 Å². The van der Waals surface area contributed by atoms with Gasteiger partial charge in [0, 0.05) is 30.9 Å². The summed E-state index contributed by atoms with van der Waals surface area (Å²) < 4.78 is 18.7. The lowest BCUT2D eigenvalue weighted by Gasteiger charge is -2.16. The number of nitrogens with one attached hydrogen (secondary N) is 1. The van der Waals surface area contributed by atoms with E-state index in [1.165, 1.54) is 12.1 Å². The molecule has 1 aliphatic heterocycles. The number of aryl methyl sites for hydroxylation is 1. The van der Waals surface area contributed by atoms with E-state index in [-0.39, 0.29) is 30.7 Å². The number of rotatable bonds is 4. The second kappa shape index (κ2) is 8.81. The van der Waals surface area contributed by atoms with Crippen molar-refractivity contribution in [2.75, 3.05) is 19.7 Å². The number of likely N-dealkylation sites (tertiary alicyclic amines) is 1. The number of hydrogen-bond acceptors (Lipinski definition) is 4. The van der Waals surface area contributed by atoms with E-state index in [9.17, 15) is 9.18 Å². The van der Waals surface area contributed by atoms with Crippen LogP contribution in [0.25, 0.3) is 0 Å². The number of ether oxygens (including phenoxy) is 1. The number of benzene rings is 1. The quantitative estimate of drug-likeness (QED) is 0.823. The lowest BCUT2D eigenvalue weighted by Crippen LogP contribution is -2.33. The Labute approximate surface area is 144 Å².